The lowest BCUT2D eigenvalue weighted by Gasteiger charge is -2.18. The quantitative estimate of drug-likeness (QED) is 0.566. The zero-order chi connectivity index (χ0) is 7.68. The Balaban J connectivity index is 1.97. The van der Waals surface area contributed by atoms with E-state index in [9.17, 15) is 4.79 Å². The first-order valence-electron chi connectivity index (χ1n) is 4.35. The maximum Gasteiger partial charge on any atom is 0.207 e. The Kier molecular flexibility index (Phi) is 1.82. The number of fused-ring (bicyclic) bond motifs is 1. The van der Waals surface area contributed by atoms with E-state index in [1.807, 2.05) is 0 Å². The highest BCUT2D eigenvalue weighted by Gasteiger charge is 2.36. The van der Waals surface area contributed by atoms with E-state index in [0.717, 1.165) is 12.8 Å². The van der Waals surface area contributed by atoms with Crippen LogP contribution in [0.15, 0.2) is 0 Å². The molecule has 2 aliphatic heterocycles. The van der Waals surface area contributed by atoms with Gasteiger partial charge in [0.05, 0.1) is 0 Å². The summed E-state index contributed by atoms with van der Waals surface area (Å²) in [5.74, 6) is 0. The second-order valence-corrected chi connectivity index (χ2v) is 3.43. The molecule has 2 unspecified atom stereocenters. The fraction of sp³-hybridized carbons (Fsp3) is 0.875. The van der Waals surface area contributed by atoms with Crippen molar-refractivity contribution < 1.29 is 4.79 Å². The van der Waals surface area contributed by atoms with Gasteiger partial charge in [-0.15, -0.1) is 0 Å². The van der Waals surface area contributed by atoms with Crippen molar-refractivity contribution in [2.24, 2.45) is 0 Å². The first-order chi connectivity index (χ1) is 5.42. The maximum absolute atomic E-state index is 10.2. The molecule has 3 heteroatoms. The van der Waals surface area contributed by atoms with E-state index >= 15 is 0 Å². The minimum atomic E-state index is 0.440. The Hall–Kier alpha value is -0.570. The zero-order valence-corrected chi connectivity index (χ0v) is 6.62. The minimum Gasteiger partial charge on any atom is -0.354 e. The van der Waals surface area contributed by atoms with Gasteiger partial charge < -0.3 is 5.32 Å². The maximum atomic E-state index is 10.2. The summed E-state index contributed by atoms with van der Waals surface area (Å²) >= 11 is 0. The summed E-state index contributed by atoms with van der Waals surface area (Å²) in [6.45, 7) is 2.41. The second-order valence-electron chi connectivity index (χ2n) is 3.43. The van der Waals surface area contributed by atoms with Crippen LogP contribution in [0.5, 0.6) is 0 Å². The zero-order valence-electron chi connectivity index (χ0n) is 6.62. The van der Waals surface area contributed by atoms with E-state index in [0.29, 0.717) is 12.1 Å². The molecule has 62 valence electrons. The predicted molar refractivity (Wildman–Crippen MR) is 42.2 cm³/mol. The van der Waals surface area contributed by atoms with Crippen molar-refractivity contribution in [1.29, 1.82) is 0 Å². The molecule has 1 amide bonds. The molecular weight excluding hydrogens is 140 g/mol. The summed E-state index contributed by atoms with van der Waals surface area (Å²) in [5, 5.41) is 2.89. The van der Waals surface area contributed by atoms with Crippen LogP contribution in [0.4, 0.5) is 0 Å². The molecule has 3 nitrogen and oxygen atoms in total. The number of rotatable bonds is 2. The molecule has 2 atom stereocenters. The Bertz CT molecular complexity index is 160. The van der Waals surface area contributed by atoms with Crippen molar-refractivity contribution in [1.82, 2.24) is 10.2 Å². The predicted octanol–water partition coefficient (Wildman–Crippen LogP) is -0.0309. The molecule has 2 aliphatic rings. The van der Waals surface area contributed by atoms with Gasteiger partial charge in [0.2, 0.25) is 6.41 Å². The number of amides is 1. The summed E-state index contributed by atoms with van der Waals surface area (Å²) in [6.07, 6.45) is 4.56. The topological polar surface area (TPSA) is 32.3 Å². The van der Waals surface area contributed by atoms with Gasteiger partial charge in [-0.1, -0.05) is 0 Å². The molecule has 0 aromatic carbocycles. The third-order valence-electron chi connectivity index (χ3n) is 2.89. The summed E-state index contributed by atoms with van der Waals surface area (Å²) in [4.78, 5) is 12.7. The number of nitrogens with one attached hydrogen (secondary N) is 1. The smallest absolute Gasteiger partial charge is 0.207 e. The average molecular weight is 154 g/mol. The molecule has 2 rings (SSSR count). The van der Waals surface area contributed by atoms with Crippen LogP contribution in [0.2, 0.25) is 0 Å². The van der Waals surface area contributed by atoms with E-state index in [2.05, 4.69) is 10.2 Å². The van der Waals surface area contributed by atoms with Gasteiger partial charge in [0.25, 0.3) is 0 Å². The van der Waals surface area contributed by atoms with Gasteiger partial charge in [0.15, 0.2) is 0 Å². The molecular formula is C8H14N2O. The lowest BCUT2D eigenvalue weighted by atomic mass is 10.1. The largest absolute Gasteiger partial charge is 0.354 e. The Morgan fingerprint density at radius 2 is 2.27 bits per heavy atom. The number of carbonyl (C=O) groups is 1. The highest BCUT2D eigenvalue weighted by atomic mass is 16.1. The average Bonchev–Trinajstić information content (AvgIpc) is 2.53. The molecule has 0 bridgehead atoms. The summed E-state index contributed by atoms with van der Waals surface area (Å²) < 4.78 is 0. The standard InChI is InChI=1S/C8H14N2O/c11-6-9-7-3-5-10-4-1-2-8(7)10/h6-8H,1-5H2,(H,9,11). The minimum absolute atomic E-state index is 0.440. The molecule has 0 aromatic rings. The highest BCUT2D eigenvalue weighted by molar-refractivity contribution is 5.47. The molecule has 11 heavy (non-hydrogen) atoms. The van der Waals surface area contributed by atoms with Crippen LogP contribution in [-0.2, 0) is 4.79 Å². The Morgan fingerprint density at radius 3 is 3.09 bits per heavy atom. The molecule has 0 aromatic heterocycles. The third-order valence-corrected chi connectivity index (χ3v) is 2.89. The van der Waals surface area contributed by atoms with Crippen LogP contribution in [0.3, 0.4) is 0 Å². The normalized spacial score (nSPS) is 37.1. The Morgan fingerprint density at radius 1 is 1.36 bits per heavy atom. The summed E-state index contributed by atoms with van der Waals surface area (Å²) in [6, 6.07) is 1.09. The number of nitrogens with zero attached hydrogens (tertiary/aromatic N) is 1. The van der Waals surface area contributed by atoms with Crippen LogP contribution in [0.25, 0.3) is 0 Å². The van der Waals surface area contributed by atoms with Crippen LogP contribution in [0, 0.1) is 0 Å². The molecule has 0 radical (unpaired) electrons. The van der Waals surface area contributed by atoms with E-state index in [-0.39, 0.29) is 0 Å². The molecule has 0 aliphatic carbocycles. The Labute approximate surface area is 66.8 Å². The first-order valence-corrected chi connectivity index (χ1v) is 4.35. The van der Waals surface area contributed by atoms with Gasteiger partial charge >= 0.3 is 0 Å². The van der Waals surface area contributed by atoms with Gasteiger partial charge in [-0.2, -0.15) is 0 Å². The molecule has 1 N–H and O–H groups in total. The van der Waals surface area contributed by atoms with E-state index in [1.54, 1.807) is 0 Å². The number of hydrogen-bond donors (Lipinski definition) is 1. The van der Waals surface area contributed by atoms with Gasteiger partial charge in [-0.05, 0) is 25.8 Å². The number of carbonyl (C=O) groups excluding carboxylic acids is 1. The van der Waals surface area contributed by atoms with Crippen LogP contribution in [-0.4, -0.2) is 36.5 Å². The summed E-state index contributed by atoms with van der Waals surface area (Å²) in [7, 11) is 0. The van der Waals surface area contributed by atoms with Gasteiger partial charge in [-0.25, -0.2) is 0 Å². The van der Waals surface area contributed by atoms with E-state index in [4.69, 9.17) is 0 Å². The first kappa shape index (κ1) is 7.10. The van der Waals surface area contributed by atoms with Crippen LogP contribution < -0.4 is 5.32 Å². The summed E-state index contributed by atoms with van der Waals surface area (Å²) in [5.41, 5.74) is 0. The van der Waals surface area contributed by atoms with Gasteiger partial charge in [0.1, 0.15) is 0 Å². The third kappa shape index (κ3) is 1.13. The van der Waals surface area contributed by atoms with Crippen molar-refractivity contribution >= 4 is 6.41 Å². The van der Waals surface area contributed by atoms with Crippen molar-refractivity contribution in [2.75, 3.05) is 13.1 Å². The fourth-order valence-corrected chi connectivity index (χ4v) is 2.36. The van der Waals surface area contributed by atoms with E-state index < -0.39 is 0 Å². The van der Waals surface area contributed by atoms with Crippen molar-refractivity contribution in [3.8, 4) is 0 Å². The molecule has 2 heterocycles. The molecule has 0 saturated carbocycles. The fourth-order valence-electron chi connectivity index (χ4n) is 2.36. The van der Waals surface area contributed by atoms with E-state index in [1.165, 1.54) is 25.9 Å². The highest BCUT2D eigenvalue weighted by Crippen LogP contribution is 2.27. The van der Waals surface area contributed by atoms with Crippen molar-refractivity contribution in [3.05, 3.63) is 0 Å². The van der Waals surface area contributed by atoms with Gasteiger partial charge in [-0.3, -0.25) is 9.69 Å². The van der Waals surface area contributed by atoms with Crippen LogP contribution in [0.1, 0.15) is 19.3 Å². The molecule has 2 saturated heterocycles. The van der Waals surface area contributed by atoms with Crippen LogP contribution >= 0.6 is 0 Å². The lowest BCUT2D eigenvalue weighted by molar-refractivity contribution is -0.110. The molecule has 0 spiro atoms. The lowest BCUT2D eigenvalue weighted by Crippen LogP contribution is -2.38. The number of hydrogen-bond acceptors (Lipinski definition) is 2. The van der Waals surface area contributed by atoms with Crippen molar-refractivity contribution in [2.45, 2.75) is 31.3 Å². The van der Waals surface area contributed by atoms with Gasteiger partial charge in [0, 0.05) is 18.6 Å². The van der Waals surface area contributed by atoms with Crippen molar-refractivity contribution in [3.63, 3.8) is 0 Å². The second kappa shape index (κ2) is 2.81. The monoisotopic (exact) mass is 154 g/mol. The SMILES string of the molecule is O=CNC1CCN2CCCC12. The molecule has 2 fully saturated rings.